The lowest BCUT2D eigenvalue weighted by atomic mass is 10.0. The van der Waals surface area contributed by atoms with Gasteiger partial charge in [0, 0.05) is 38.3 Å². The zero-order chi connectivity index (χ0) is 15.2. The van der Waals surface area contributed by atoms with Gasteiger partial charge in [0.1, 0.15) is 0 Å². The van der Waals surface area contributed by atoms with E-state index < -0.39 is 0 Å². The second-order valence-corrected chi connectivity index (χ2v) is 6.46. The van der Waals surface area contributed by atoms with E-state index in [0.29, 0.717) is 12.1 Å². The molecule has 118 valence electrons. The normalized spacial score (nSPS) is 22.4. The van der Waals surface area contributed by atoms with Gasteiger partial charge in [0.2, 0.25) is 0 Å². The number of likely N-dealkylation sites (N-methyl/N-ethyl adjacent to an activating group) is 1. The third-order valence-corrected chi connectivity index (χ3v) is 4.60. The van der Waals surface area contributed by atoms with Crippen molar-refractivity contribution in [2.75, 3.05) is 39.8 Å². The number of nitrogens with zero attached hydrogens (tertiary/aromatic N) is 2. The fourth-order valence-corrected chi connectivity index (χ4v) is 3.24. The maximum atomic E-state index is 3.64. The number of rotatable bonds is 6. The van der Waals surface area contributed by atoms with Crippen molar-refractivity contribution in [2.24, 2.45) is 0 Å². The Morgan fingerprint density at radius 2 is 1.95 bits per heavy atom. The molecule has 2 unspecified atom stereocenters. The van der Waals surface area contributed by atoms with Gasteiger partial charge in [-0.25, -0.2) is 0 Å². The summed E-state index contributed by atoms with van der Waals surface area (Å²) in [5, 5.41) is 3.64. The number of hydrogen-bond acceptors (Lipinski definition) is 3. The van der Waals surface area contributed by atoms with Crippen LogP contribution in [0.4, 0.5) is 0 Å². The van der Waals surface area contributed by atoms with Crippen molar-refractivity contribution in [2.45, 2.75) is 39.3 Å². The van der Waals surface area contributed by atoms with Crippen LogP contribution in [0.15, 0.2) is 24.3 Å². The molecule has 1 aliphatic rings. The van der Waals surface area contributed by atoms with E-state index >= 15 is 0 Å². The highest BCUT2D eigenvalue weighted by molar-refractivity contribution is 5.24. The average molecular weight is 289 g/mol. The van der Waals surface area contributed by atoms with E-state index in [9.17, 15) is 0 Å². The molecule has 1 saturated heterocycles. The molecular weight excluding hydrogens is 258 g/mol. The molecule has 2 rings (SSSR count). The van der Waals surface area contributed by atoms with E-state index in [-0.39, 0.29) is 0 Å². The monoisotopic (exact) mass is 289 g/mol. The Labute approximate surface area is 130 Å². The molecule has 2 atom stereocenters. The third-order valence-electron chi connectivity index (χ3n) is 4.60. The predicted octanol–water partition coefficient (Wildman–Crippen LogP) is 2.67. The molecule has 0 spiro atoms. The number of benzene rings is 1. The van der Waals surface area contributed by atoms with E-state index in [0.717, 1.165) is 6.54 Å². The fourth-order valence-electron chi connectivity index (χ4n) is 3.24. The lowest BCUT2D eigenvalue weighted by Gasteiger charge is -2.38. The summed E-state index contributed by atoms with van der Waals surface area (Å²) in [7, 11) is 2.22. The lowest BCUT2D eigenvalue weighted by molar-refractivity contribution is 0.0961. The Morgan fingerprint density at radius 1 is 1.24 bits per heavy atom. The summed E-state index contributed by atoms with van der Waals surface area (Å²) >= 11 is 0. The average Bonchev–Trinajstić information content (AvgIpc) is 2.46. The Kier molecular flexibility index (Phi) is 6.22. The summed E-state index contributed by atoms with van der Waals surface area (Å²) in [5.74, 6) is 0. The van der Waals surface area contributed by atoms with Gasteiger partial charge < -0.3 is 10.2 Å². The first-order chi connectivity index (χ1) is 10.1. The van der Waals surface area contributed by atoms with Crippen LogP contribution in [-0.4, -0.2) is 55.6 Å². The summed E-state index contributed by atoms with van der Waals surface area (Å²) < 4.78 is 0. The van der Waals surface area contributed by atoms with Gasteiger partial charge in [-0.05, 0) is 39.4 Å². The predicted molar refractivity (Wildman–Crippen MR) is 90.7 cm³/mol. The molecule has 1 aliphatic heterocycles. The minimum absolute atomic E-state index is 0.474. The van der Waals surface area contributed by atoms with Gasteiger partial charge >= 0.3 is 0 Å². The SMILES string of the molecule is CCNC(CCN1CCN(C)CC1C)c1ccc(C)cc1. The number of hydrogen-bond donors (Lipinski definition) is 1. The maximum absolute atomic E-state index is 3.64. The van der Waals surface area contributed by atoms with Crippen LogP contribution in [0.3, 0.4) is 0 Å². The summed E-state index contributed by atoms with van der Waals surface area (Å²) in [6.07, 6.45) is 1.19. The van der Waals surface area contributed by atoms with Gasteiger partial charge in [-0.1, -0.05) is 36.8 Å². The highest BCUT2D eigenvalue weighted by atomic mass is 15.3. The van der Waals surface area contributed by atoms with Crippen molar-refractivity contribution in [3.8, 4) is 0 Å². The standard InChI is InChI=1S/C18H31N3/c1-5-19-18(17-8-6-15(2)7-9-17)10-11-21-13-12-20(4)14-16(21)3/h6-9,16,18-19H,5,10-14H2,1-4H3. The second kappa shape index (κ2) is 7.92. The largest absolute Gasteiger partial charge is 0.310 e. The first-order valence-electron chi connectivity index (χ1n) is 8.32. The minimum Gasteiger partial charge on any atom is -0.310 e. The molecule has 0 radical (unpaired) electrons. The first-order valence-corrected chi connectivity index (χ1v) is 8.32. The molecule has 3 nitrogen and oxygen atoms in total. The van der Waals surface area contributed by atoms with Crippen LogP contribution >= 0.6 is 0 Å². The Bertz CT molecular complexity index is 415. The molecule has 1 aromatic carbocycles. The van der Waals surface area contributed by atoms with Crippen LogP contribution in [0.25, 0.3) is 0 Å². The van der Waals surface area contributed by atoms with Gasteiger partial charge in [0.05, 0.1) is 0 Å². The van der Waals surface area contributed by atoms with Crippen LogP contribution in [0.1, 0.15) is 37.4 Å². The van der Waals surface area contributed by atoms with Crippen molar-refractivity contribution < 1.29 is 0 Å². The van der Waals surface area contributed by atoms with Gasteiger partial charge in [0.25, 0.3) is 0 Å². The summed E-state index contributed by atoms with van der Waals surface area (Å²) in [5.41, 5.74) is 2.76. The van der Waals surface area contributed by atoms with E-state index in [1.165, 1.54) is 43.7 Å². The number of nitrogens with one attached hydrogen (secondary N) is 1. The molecule has 3 heteroatoms. The van der Waals surface area contributed by atoms with Crippen molar-refractivity contribution in [1.82, 2.24) is 15.1 Å². The van der Waals surface area contributed by atoms with Crippen molar-refractivity contribution in [1.29, 1.82) is 0 Å². The quantitative estimate of drug-likeness (QED) is 0.868. The van der Waals surface area contributed by atoms with E-state index in [2.05, 4.69) is 67.2 Å². The van der Waals surface area contributed by atoms with E-state index in [4.69, 9.17) is 0 Å². The highest BCUT2D eigenvalue weighted by Gasteiger charge is 2.22. The third kappa shape index (κ3) is 4.80. The maximum Gasteiger partial charge on any atom is 0.0332 e. The molecule has 0 aliphatic carbocycles. The number of aryl methyl sites for hydroxylation is 1. The molecule has 1 fully saturated rings. The second-order valence-electron chi connectivity index (χ2n) is 6.46. The Hall–Kier alpha value is -0.900. The smallest absolute Gasteiger partial charge is 0.0332 e. The summed E-state index contributed by atoms with van der Waals surface area (Å²) in [6.45, 7) is 12.5. The van der Waals surface area contributed by atoms with E-state index in [1.807, 2.05) is 0 Å². The summed E-state index contributed by atoms with van der Waals surface area (Å²) in [6, 6.07) is 10.1. The van der Waals surface area contributed by atoms with E-state index in [1.54, 1.807) is 0 Å². The van der Waals surface area contributed by atoms with Crippen molar-refractivity contribution in [3.63, 3.8) is 0 Å². The van der Waals surface area contributed by atoms with Gasteiger partial charge in [-0.2, -0.15) is 0 Å². The molecule has 1 heterocycles. The zero-order valence-corrected chi connectivity index (χ0v) is 14.1. The van der Waals surface area contributed by atoms with Crippen LogP contribution in [0.2, 0.25) is 0 Å². The number of piperazine rings is 1. The van der Waals surface area contributed by atoms with Gasteiger partial charge in [0.15, 0.2) is 0 Å². The molecular formula is C18H31N3. The fraction of sp³-hybridized carbons (Fsp3) is 0.667. The van der Waals surface area contributed by atoms with Gasteiger partial charge in [-0.15, -0.1) is 0 Å². The van der Waals surface area contributed by atoms with Crippen molar-refractivity contribution in [3.05, 3.63) is 35.4 Å². The lowest BCUT2D eigenvalue weighted by Crippen LogP contribution is -2.50. The molecule has 1 aromatic rings. The zero-order valence-electron chi connectivity index (χ0n) is 14.1. The molecule has 1 N–H and O–H groups in total. The molecule has 0 amide bonds. The van der Waals surface area contributed by atoms with Gasteiger partial charge in [-0.3, -0.25) is 4.90 Å². The Morgan fingerprint density at radius 3 is 2.57 bits per heavy atom. The van der Waals surface area contributed by atoms with Crippen LogP contribution < -0.4 is 5.32 Å². The molecule has 0 saturated carbocycles. The highest BCUT2D eigenvalue weighted by Crippen LogP contribution is 2.19. The van der Waals surface area contributed by atoms with Crippen molar-refractivity contribution >= 4 is 0 Å². The van der Waals surface area contributed by atoms with Crippen LogP contribution in [-0.2, 0) is 0 Å². The molecule has 0 aromatic heterocycles. The van der Waals surface area contributed by atoms with Crippen LogP contribution in [0.5, 0.6) is 0 Å². The Balaban J connectivity index is 1.92. The summed E-state index contributed by atoms with van der Waals surface area (Å²) in [4.78, 5) is 5.07. The first kappa shape index (κ1) is 16.5. The molecule has 21 heavy (non-hydrogen) atoms. The molecule has 0 bridgehead atoms. The van der Waals surface area contributed by atoms with Crippen LogP contribution in [0, 0.1) is 6.92 Å². The minimum atomic E-state index is 0.474. The topological polar surface area (TPSA) is 18.5 Å².